The summed E-state index contributed by atoms with van der Waals surface area (Å²) in [4.78, 5) is -0.113. The molecule has 0 aliphatic carbocycles. The lowest BCUT2D eigenvalue weighted by Gasteiger charge is -2.18. The molecule has 2 heterocycles. The van der Waals surface area contributed by atoms with Crippen LogP contribution >= 0.6 is 40.3 Å². The van der Waals surface area contributed by atoms with Gasteiger partial charge in [0.2, 0.25) is 0 Å². The van der Waals surface area contributed by atoms with E-state index in [1.807, 2.05) is 19.1 Å². The van der Waals surface area contributed by atoms with Crippen molar-refractivity contribution in [3.05, 3.63) is 135 Å². The molecule has 19 heteroatoms. The predicted molar refractivity (Wildman–Crippen MR) is 233 cm³/mol. The summed E-state index contributed by atoms with van der Waals surface area (Å²) in [5, 5.41) is 32.3. The fourth-order valence-electron chi connectivity index (χ4n) is 5.25. The van der Waals surface area contributed by atoms with Crippen molar-refractivity contribution in [2.24, 2.45) is 0 Å². The van der Waals surface area contributed by atoms with E-state index in [-0.39, 0.29) is 45.5 Å². The summed E-state index contributed by atoms with van der Waals surface area (Å²) in [5.41, 5.74) is 1.34. The van der Waals surface area contributed by atoms with E-state index >= 15 is 0 Å². The van der Waals surface area contributed by atoms with Gasteiger partial charge in [-0.25, -0.2) is 0 Å². The third kappa shape index (κ3) is 13.7. The van der Waals surface area contributed by atoms with Crippen LogP contribution in [0.3, 0.4) is 0 Å². The van der Waals surface area contributed by atoms with E-state index in [4.69, 9.17) is 29.5 Å². The molecule has 0 saturated heterocycles. The normalized spacial score (nSPS) is 10.8. The summed E-state index contributed by atoms with van der Waals surface area (Å²) in [6.07, 6.45) is -9.38. The van der Waals surface area contributed by atoms with Gasteiger partial charge in [0.1, 0.15) is 36.1 Å². The van der Waals surface area contributed by atoms with Gasteiger partial charge in [-0.2, -0.15) is 49.5 Å². The van der Waals surface area contributed by atoms with Gasteiger partial charge in [-0.15, -0.1) is 32.2 Å². The second-order valence-electron chi connectivity index (χ2n) is 12.5. The minimum Gasteiger partial charge on any atom is -0.497 e. The van der Waals surface area contributed by atoms with Crippen molar-refractivity contribution in [1.29, 1.82) is 10.5 Å². The van der Waals surface area contributed by atoms with Crippen LogP contribution in [0.25, 0.3) is 22.5 Å². The fraction of sp³-hybridized carbons (Fsp3) is 0.227. The second-order valence-corrected chi connectivity index (χ2v) is 15.2. The average molecular weight is 972 g/mol. The van der Waals surface area contributed by atoms with Crippen LogP contribution in [0.2, 0.25) is 0 Å². The van der Waals surface area contributed by atoms with Crippen LogP contribution in [0.15, 0.2) is 106 Å². The number of alkyl halides is 6. The number of aromatic nitrogens is 4. The summed E-state index contributed by atoms with van der Waals surface area (Å²) < 4.78 is 102. The third-order valence-electron chi connectivity index (χ3n) is 8.24. The molecule has 0 radical (unpaired) electrons. The summed E-state index contributed by atoms with van der Waals surface area (Å²) in [6.45, 7) is 3.78. The first-order valence-corrected chi connectivity index (χ1v) is 20.9. The first-order chi connectivity index (χ1) is 30.1. The largest absolute Gasteiger partial charge is 0.497 e. The van der Waals surface area contributed by atoms with Crippen molar-refractivity contribution in [3.8, 4) is 57.7 Å². The Morgan fingerprint density at radius 3 is 1.35 bits per heavy atom. The minimum absolute atomic E-state index is 0.00879. The van der Waals surface area contributed by atoms with Gasteiger partial charge in [-0.05, 0) is 87.1 Å². The van der Waals surface area contributed by atoms with E-state index in [0.717, 1.165) is 28.6 Å². The maximum absolute atomic E-state index is 13.6. The molecule has 0 aliphatic rings. The Labute approximate surface area is 377 Å². The number of hydrogen-bond acceptors (Lipinski definition) is 12. The number of thiol groups is 1. The molecule has 0 spiro atoms. The zero-order chi connectivity index (χ0) is 46.2. The number of nitriles is 2. The maximum atomic E-state index is 13.6. The van der Waals surface area contributed by atoms with Crippen LogP contribution in [0, 0.1) is 22.7 Å². The van der Waals surface area contributed by atoms with Gasteiger partial charge < -0.3 is 18.9 Å². The van der Waals surface area contributed by atoms with Crippen LogP contribution in [0.1, 0.15) is 47.5 Å². The van der Waals surface area contributed by atoms with Gasteiger partial charge in [0.25, 0.3) is 0 Å². The van der Waals surface area contributed by atoms with E-state index in [2.05, 4.69) is 49.0 Å². The van der Waals surface area contributed by atoms with E-state index in [0.29, 0.717) is 39.5 Å². The molecular formula is C44H37BrF6N6O4S2. The van der Waals surface area contributed by atoms with Crippen molar-refractivity contribution in [3.63, 3.8) is 0 Å². The lowest BCUT2D eigenvalue weighted by atomic mass is 10.1. The topological polar surface area (TPSA) is 136 Å². The van der Waals surface area contributed by atoms with Crippen LogP contribution in [0.4, 0.5) is 26.3 Å². The average Bonchev–Trinajstić information content (AvgIpc) is 3.28. The summed E-state index contributed by atoms with van der Waals surface area (Å²) in [5.74, 6) is 2.57. The monoisotopic (exact) mass is 970 g/mol. The molecule has 0 saturated carbocycles. The van der Waals surface area contributed by atoms with E-state index in [1.54, 1.807) is 99.0 Å². The Kier molecular flexibility index (Phi) is 18.5. The Bertz CT molecular complexity index is 2500. The number of rotatable bonds is 12. The fourth-order valence-corrected chi connectivity index (χ4v) is 6.73. The molecule has 63 heavy (non-hydrogen) atoms. The van der Waals surface area contributed by atoms with Crippen LogP contribution < -0.4 is 18.9 Å². The highest BCUT2D eigenvalue weighted by Crippen LogP contribution is 2.45. The zero-order valence-corrected chi connectivity index (χ0v) is 37.2. The molecule has 6 rings (SSSR count). The van der Waals surface area contributed by atoms with E-state index in [9.17, 15) is 26.3 Å². The Morgan fingerprint density at radius 1 is 0.603 bits per heavy atom. The number of ether oxygens (including phenoxy) is 4. The summed E-state index contributed by atoms with van der Waals surface area (Å²) in [7, 11) is 3.08. The van der Waals surface area contributed by atoms with E-state index in [1.165, 1.54) is 19.2 Å². The van der Waals surface area contributed by atoms with Crippen molar-refractivity contribution in [1.82, 2.24) is 20.4 Å². The molecule has 0 amide bonds. The van der Waals surface area contributed by atoms with Gasteiger partial charge in [-0.1, -0.05) is 62.4 Å². The molecule has 0 fully saturated rings. The number of halogens is 7. The number of thioether (sulfide) groups is 1. The van der Waals surface area contributed by atoms with E-state index < -0.39 is 23.7 Å². The standard InChI is InChI=1S/C22H18F3N3O2S.C20H13BrF3N3O2.C2H6S/c1-3-31-20-19(30-13-15-6-10-17(29-2)11-7-15)18(27-28-21(20)22(23,24)25)16-8-4-14(12-26)5-9-16;1-28-15-8-4-13(5-9-15)11-29-18-16(21)19(20(22,23)24)27-26-17(18)14-6-2-12(10-25)3-7-14;1-2-3/h4-11H,3,13H2,1-2H3;2-9H,11H2,1H3;3H,2H2,1H3. The first-order valence-electron chi connectivity index (χ1n) is 18.5. The highest BCUT2D eigenvalue weighted by atomic mass is 79.9. The second kappa shape index (κ2) is 23.4. The Hall–Kier alpha value is -6.02. The molecule has 0 aliphatic heterocycles. The van der Waals surface area contributed by atoms with Gasteiger partial charge in [0, 0.05) is 11.1 Å². The zero-order valence-electron chi connectivity index (χ0n) is 33.9. The molecular weight excluding hydrogens is 935 g/mol. The lowest BCUT2D eigenvalue weighted by Crippen LogP contribution is -2.14. The Balaban J connectivity index is 0.000000261. The molecule has 328 valence electrons. The molecule has 0 atom stereocenters. The van der Waals surface area contributed by atoms with Crippen molar-refractivity contribution in [2.45, 2.75) is 44.3 Å². The quantitative estimate of drug-likeness (QED) is 0.0713. The van der Waals surface area contributed by atoms with Gasteiger partial charge >= 0.3 is 12.4 Å². The molecule has 0 N–H and O–H groups in total. The van der Waals surface area contributed by atoms with Crippen molar-refractivity contribution < 1.29 is 45.3 Å². The molecule has 0 unspecified atom stereocenters. The summed E-state index contributed by atoms with van der Waals surface area (Å²) >= 11 is 7.75. The van der Waals surface area contributed by atoms with Gasteiger partial charge in [0.15, 0.2) is 22.9 Å². The van der Waals surface area contributed by atoms with Gasteiger partial charge in [-0.3, -0.25) is 0 Å². The number of nitrogens with zero attached hydrogens (tertiary/aromatic N) is 6. The van der Waals surface area contributed by atoms with Crippen molar-refractivity contribution in [2.75, 3.05) is 25.7 Å². The van der Waals surface area contributed by atoms with Crippen LogP contribution in [-0.4, -0.2) is 46.1 Å². The number of methoxy groups -OCH3 is 2. The number of benzene rings is 4. The highest BCUT2D eigenvalue weighted by Gasteiger charge is 2.40. The third-order valence-corrected chi connectivity index (χ3v) is 9.94. The predicted octanol–water partition coefficient (Wildman–Crippen LogP) is 12.1. The lowest BCUT2D eigenvalue weighted by molar-refractivity contribution is -0.144. The molecule has 0 bridgehead atoms. The highest BCUT2D eigenvalue weighted by molar-refractivity contribution is 9.10. The smallest absolute Gasteiger partial charge is 0.436 e. The van der Waals surface area contributed by atoms with Crippen LogP contribution in [-0.2, 0) is 25.6 Å². The first kappa shape index (κ1) is 49.6. The summed E-state index contributed by atoms with van der Waals surface area (Å²) in [6, 6.07) is 30.5. The molecule has 10 nitrogen and oxygen atoms in total. The maximum Gasteiger partial charge on any atom is 0.436 e. The minimum atomic E-state index is -4.70. The number of hydrogen-bond donors (Lipinski definition) is 1. The van der Waals surface area contributed by atoms with Gasteiger partial charge in [0.05, 0.1) is 46.9 Å². The molecule has 2 aromatic heterocycles. The Morgan fingerprint density at radius 2 is 0.984 bits per heavy atom. The molecule has 4 aromatic carbocycles. The van der Waals surface area contributed by atoms with Crippen LogP contribution in [0.5, 0.6) is 23.0 Å². The van der Waals surface area contributed by atoms with Crippen molar-refractivity contribution >= 4 is 40.3 Å². The SMILES string of the molecule is CCS.CCSc1c(C(F)(F)F)nnc(-c2ccc(C#N)cc2)c1OCc1ccc(OC)cc1.COc1ccc(COc2c(-c3ccc(C#N)cc3)nnc(C(F)(F)F)c2Br)cc1. The molecule has 6 aromatic rings.